The SMILES string of the molecule is Cc1ccc(-c2onc(C)c2C(=O)NCc2ccccc2Cl)cc1. The van der Waals surface area contributed by atoms with Crippen molar-refractivity contribution in [2.45, 2.75) is 20.4 Å². The van der Waals surface area contributed by atoms with E-state index in [0.717, 1.165) is 16.7 Å². The predicted octanol–water partition coefficient (Wildman–Crippen LogP) is 4.54. The number of rotatable bonds is 4. The third kappa shape index (κ3) is 3.34. The molecular formula is C19H17ClN2O2. The fourth-order valence-corrected chi connectivity index (χ4v) is 2.65. The molecule has 0 radical (unpaired) electrons. The zero-order chi connectivity index (χ0) is 17.1. The maximum absolute atomic E-state index is 12.6. The van der Waals surface area contributed by atoms with E-state index in [4.69, 9.17) is 16.1 Å². The molecule has 0 saturated heterocycles. The van der Waals surface area contributed by atoms with Gasteiger partial charge in [0.15, 0.2) is 5.76 Å². The molecule has 0 unspecified atom stereocenters. The molecular weight excluding hydrogens is 324 g/mol. The predicted molar refractivity (Wildman–Crippen MR) is 94.0 cm³/mol. The number of halogens is 1. The maximum atomic E-state index is 12.6. The molecule has 0 fully saturated rings. The molecule has 0 aliphatic heterocycles. The lowest BCUT2D eigenvalue weighted by atomic mass is 10.0. The van der Waals surface area contributed by atoms with Crippen LogP contribution in [0.15, 0.2) is 53.1 Å². The number of hydrogen-bond acceptors (Lipinski definition) is 3. The van der Waals surface area contributed by atoms with E-state index in [0.29, 0.717) is 28.6 Å². The number of benzene rings is 2. The van der Waals surface area contributed by atoms with Crippen LogP contribution in [0.2, 0.25) is 5.02 Å². The van der Waals surface area contributed by atoms with Crippen LogP contribution in [0.25, 0.3) is 11.3 Å². The minimum Gasteiger partial charge on any atom is -0.355 e. The van der Waals surface area contributed by atoms with Crippen LogP contribution < -0.4 is 5.32 Å². The minimum absolute atomic E-state index is 0.232. The van der Waals surface area contributed by atoms with E-state index in [1.165, 1.54) is 0 Å². The second-order valence-electron chi connectivity index (χ2n) is 5.61. The molecule has 5 heteroatoms. The monoisotopic (exact) mass is 340 g/mol. The normalized spacial score (nSPS) is 10.6. The number of nitrogens with zero attached hydrogens (tertiary/aromatic N) is 1. The largest absolute Gasteiger partial charge is 0.355 e. The van der Waals surface area contributed by atoms with Gasteiger partial charge in [-0.15, -0.1) is 0 Å². The van der Waals surface area contributed by atoms with Crippen LogP contribution >= 0.6 is 11.6 Å². The van der Waals surface area contributed by atoms with Crippen LogP contribution in [0.3, 0.4) is 0 Å². The number of nitrogens with one attached hydrogen (secondary N) is 1. The topological polar surface area (TPSA) is 55.1 Å². The summed E-state index contributed by atoms with van der Waals surface area (Å²) in [5.41, 5.74) is 3.83. The van der Waals surface area contributed by atoms with Gasteiger partial charge in [0, 0.05) is 17.1 Å². The zero-order valence-electron chi connectivity index (χ0n) is 13.5. The minimum atomic E-state index is -0.232. The lowest BCUT2D eigenvalue weighted by molar-refractivity contribution is 0.0950. The summed E-state index contributed by atoms with van der Waals surface area (Å²) in [6, 6.07) is 15.2. The first-order chi connectivity index (χ1) is 11.6. The van der Waals surface area contributed by atoms with Gasteiger partial charge in [-0.1, -0.05) is 64.8 Å². The van der Waals surface area contributed by atoms with Crippen molar-refractivity contribution >= 4 is 17.5 Å². The Bertz CT molecular complexity index is 869. The maximum Gasteiger partial charge on any atom is 0.257 e. The van der Waals surface area contributed by atoms with Gasteiger partial charge in [-0.2, -0.15) is 0 Å². The summed E-state index contributed by atoms with van der Waals surface area (Å²) in [6.45, 7) is 4.11. The first-order valence-electron chi connectivity index (χ1n) is 7.61. The molecule has 0 spiro atoms. The average molecular weight is 341 g/mol. The Kier molecular flexibility index (Phi) is 4.67. The second kappa shape index (κ2) is 6.89. The van der Waals surface area contributed by atoms with Crippen LogP contribution in [-0.4, -0.2) is 11.1 Å². The smallest absolute Gasteiger partial charge is 0.257 e. The molecule has 4 nitrogen and oxygen atoms in total. The van der Waals surface area contributed by atoms with Crippen molar-refractivity contribution in [2.24, 2.45) is 0 Å². The van der Waals surface area contributed by atoms with Crippen molar-refractivity contribution in [1.82, 2.24) is 10.5 Å². The summed E-state index contributed by atoms with van der Waals surface area (Å²) in [7, 11) is 0. The average Bonchev–Trinajstić information content (AvgIpc) is 2.96. The molecule has 1 amide bonds. The van der Waals surface area contributed by atoms with Gasteiger partial charge in [-0.05, 0) is 25.5 Å². The molecule has 1 N–H and O–H groups in total. The zero-order valence-corrected chi connectivity index (χ0v) is 14.2. The first kappa shape index (κ1) is 16.3. The van der Waals surface area contributed by atoms with Gasteiger partial charge in [0.2, 0.25) is 0 Å². The lowest BCUT2D eigenvalue weighted by Gasteiger charge is -2.07. The summed E-state index contributed by atoms with van der Waals surface area (Å²) in [5, 5.41) is 7.45. The Labute approximate surface area is 145 Å². The first-order valence-corrected chi connectivity index (χ1v) is 7.99. The number of hydrogen-bond donors (Lipinski definition) is 1. The van der Waals surface area contributed by atoms with Gasteiger partial charge in [-0.3, -0.25) is 4.79 Å². The van der Waals surface area contributed by atoms with Crippen LogP contribution in [0.4, 0.5) is 0 Å². The summed E-state index contributed by atoms with van der Waals surface area (Å²) in [6.07, 6.45) is 0. The van der Waals surface area contributed by atoms with E-state index in [1.807, 2.05) is 49.4 Å². The number of carbonyl (C=O) groups excluding carboxylic acids is 1. The van der Waals surface area contributed by atoms with Gasteiger partial charge in [0.05, 0.1) is 5.69 Å². The summed E-state index contributed by atoms with van der Waals surface area (Å²) in [5.74, 6) is 0.244. The van der Waals surface area contributed by atoms with Gasteiger partial charge >= 0.3 is 0 Å². The molecule has 0 saturated carbocycles. The Morgan fingerprint density at radius 3 is 2.54 bits per heavy atom. The molecule has 122 valence electrons. The van der Waals surface area contributed by atoms with Crippen molar-refractivity contribution < 1.29 is 9.32 Å². The fourth-order valence-electron chi connectivity index (χ4n) is 2.44. The molecule has 0 aliphatic rings. The molecule has 24 heavy (non-hydrogen) atoms. The summed E-state index contributed by atoms with van der Waals surface area (Å²) < 4.78 is 5.38. The van der Waals surface area contributed by atoms with Crippen LogP contribution in [-0.2, 0) is 6.54 Å². The highest BCUT2D eigenvalue weighted by Crippen LogP contribution is 2.26. The van der Waals surface area contributed by atoms with Gasteiger partial charge < -0.3 is 9.84 Å². The summed E-state index contributed by atoms with van der Waals surface area (Å²) in [4.78, 5) is 12.6. The van der Waals surface area contributed by atoms with Crippen LogP contribution in [0.1, 0.15) is 27.2 Å². The molecule has 0 bridgehead atoms. The van der Waals surface area contributed by atoms with Crippen LogP contribution in [0, 0.1) is 13.8 Å². The van der Waals surface area contributed by atoms with E-state index in [2.05, 4.69) is 10.5 Å². The molecule has 1 aromatic heterocycles. The summed E-state index contributed by atoms with van der Waals surface area (Å²) >= 11 is 6.12. The third-order valence-electron chi connectivity index (χ3n) is 3.80. The van der Waals surface area contributed by atoms with Crippen molar-refractivity contribution in [3.05, 3.63) is 75.9 Å². The standard InChI is InChI=1S/C19H17ClN2O2/c1-12-7-9-14(10-8-12)18-17(13(2)22-24-18)19(23)21-11-15-5-3-4-6-16(15)20/h3-10H,11H2,1-2H3,(H,21,23). The quantitative estimate of drug-likeness (QED) is 0.758. The Morgan fingerprint density at radius 1 is 1.12 bits per heavy atom. The van der Waals surface area contributed by atoms with Crippen molar-refractivity contribution in [3.63, 3.8) is 0 Å². The van der Waals surface area contributed by atoms with E-state index in [9.17, 15) is 4.79 Å². The molecule has 3 aromatic rings. The van der Waals surface area contributed by atoms with Crippen LogP contribution in [0.5, 0.6) is 0 Å². The van der Waals surface area contributed by atoms with Gasteiger partial charge in [-0.25, -0.2) is 0 Å². The molecule has 0 atom stereocenters. The number of aryl methyl sites for hydroxylation is 2. The highest BCUT2D eigenvalue weighted by atomic mass is 35.5. The third-order valence-corrected chi connectivity index (χ3v) is 4.17. The van der Waals surface area contributed by atoms with E-state index < -0.39 is 0 Å². The lowest BCUT2D eigenvalue weighted by Crippen LogP contribution is -2.23. The highest BCUT2D eigenvalue weighted by molar-refractivity contribution is 6.31. The van der Waals surface area contributed by atoms with E-state index in [1.54, 1.807) is 13.0 Å². The molecule has 0 aliphatic carbocycles. The number of amides is 1. The van der Waals surface area contributed by atoms with Crippen molar-refractivity contribution in [3.8, 4) is 11.3 Å². The van der Waals surface area contributed by atoms with Crippen molar-refractivity contribution in [2.75, 3.05) is 0 Å². The molecule has 2 aromatic carbocycles. The highest BCUT2D eigenvalue weighted by Gasteiger charge is 2.21. The number of carbonyl (C=O) groups is 1. The Hall–Kier alpha value is -2.59. The number of aromatic nitrogens is 1. The van der Waals surface area contributed by atoms with Crippen molar-refractivity contribution in [1.29, 1.82) is 0 Å². The van der Waals surface area contributed by atoms with Gasteiger partial charge in [0.1, 0.15) is 5.56 Å². The van der Waals surface area contributed by atoms with E-state index >= 15 is 0 Å². The molecule has 1 heterocycles. The van der Waals surface area contributed by atoms with Gasteiger partial charge in [0.25, 0.3) is 5.91 Å². The fraction of sp³-hybridized carbons (Fsp3) is 0.158. The molecule has 3 rings (SSSR count). The van der Waals surface area contributed by atoms with E-state index in [-0.39, 0.29) is 5.91 Å². The second-order valence-corrected chi connectivity index (χ2v) is 6.02. The Morgan fingerprint density at radius 2 is 1.83 bits per heavy atom. The Balaban J connectivity index is 1.84.